The second-order valence-corrected chi connectivity index (χ2v) is 5.09. The lowest BCUT2D eigenvalue weighted by atomic mass is 10.00. The lowest BCUT2D eigenvalue weighted by molar-refractivity contribution is -0.119. The average Bonchev–Trinajstić information content (AvgIpc) is 2.68. The smallest absolute Gasteiger partial charge is 0.219 e. The van der Waals surface area contributed by atoms with Crippen molar-refractivity contribution in [1.82, 2.24) is 15.3 Å². The number of hydrogen-bond donors (Lipinski definition) is 3. The van der Waals surface area contributed by atoms with Crippen molar-refractivity contribution in [2.45, 2.75) is 32.4 Å². The van der Waals surface area contributed by atoms with Gasteiger partial charge in [0.05, 0.1) is 0 Å². The van der Waals surface area contributed by atoms with Gasteiger partial charge in [-0.2, -0.15) is 0 Å². The molecule has 0 atom stereocenters. The Kier molecular flexibility index (Phi) is 3.34. The summed E-state index contributed by atoms with van der Waals surface area (Å²) >= 11 is 0. The number of pyridine rings is 1. The molecule has 0 fully saturated rings. The molecular formula is C13H18N4O. The molecule has 0 radical (unpaired) electrons. The summed E-state index contributed by atoms with van der Waals surface area (Å²) in [6.45, 7) is 4.60. The summed E-state index contributed by atoms with van der Waals surface area (Å²) < 4.78 is 0. The first-order valence-electron chi connectivity index (χ1n) is 5.92. The highest BCUT2D eigenvalue weighted by molar-refractivity contribution is 5.79. The van der Waals surface area contributed by atoms with E-state index in [2.05, 4.69) is 15.3 Å². The lowest BCUT2D eigenvalue weighted by Gasteiger charge is -2.24. The van der Waals surface area contributed by atoms with Gasteiger partial charge in [-0.15, -0.1) is 0 Å². The molecule has 0 spiro atoms. The summed E-state index contributed by atoms with van der Waals surface area (Å²) in [6.07, 6.45) is 4.01. The van der Waals surface area contributed by atoms with E-state index in [-0.39, 0.29) is 11.4 Å². The molecule has 2 heterocycles. The van der Waals surface area contributed by atoms with Gasteiger partial charge < -0.3 is 16.0 Å². The number of primary amides is 1. The minimum absolute atomic E-state index is 0.298. The summed E-state index contributed by atoms with van der Waals surface area (Å²) in [5.74, 6) is -0.298. The van der Waals surface area contributed by atoms with Crippen LogP contribution in [0.3, 0.4) is 0 Å². The molecule has 5 heteroatoms. The van der Waals surface area contributed by atoms with Gasteiger partial charge in [0.2, 0.25) is 5.91 Å². The zero-order valence-corrected chi connectivity index (χ0v) is 10.7. The molecule has 0 bridgehead atoms. The molecule has 0 saturated heterocycles. The molecule has 2 aromatic rings. The molecule has 4 N–H and O–H groups in total. The Morgan fingerprint density at radius 3 is 3.06 bits per heavy atom. The van der Waals surface area contributed by atoms with Crippen molar-refractivity contribution in [3.05, 3.63) is 30.1 Å². The molecule has 96 valence electrons. The molecule has 0 saturated carbocycles. The van der Waals surface area contributed by atoms with Crippen LogP contribution >= 0.6 is 0 Å². The number of aromatic amines is 1. The minimum atomic E-state index is -0.308. The molecular weight excluding hydrogens is 228 g/mol. The summed E-state index contributed by atoms with van der Waals surface area (Å²) in [7, 11) is 0. The minimum Gasteiger partial charge on any atom is -0.370 e. The molecule has 0 aliphatic carbocycles. The van der Waals surface area contributed by atoms with Crippen molar-refractivity contribution in [3.8, 4) is 0 Å². The largest absolute Gasteiger partial charge is 0.370 e. The predicted molar refractivity (Wildman–Crippen MR) is 70.8 cm³/mol. The van der Waals surface area contributed by atoms with Crippen LogP contribution in [-0.2, 0) is 11.3 Å². The first kappa shape index (κ1) is 12.6. The van der Waals surface area contributed by atoms with Crippen molar-refractivity contribution < 1.29 is 4.79 Å². The molecule has 0 aromatic carbocycles. The molecule has 0 unspecified atom stereocenters. The third-order valence-corrected chi connectivity index (χ3v) is 2.91. The summed E-state index contributed by atoms with van der Waals surface area (Å²) in [5, 5.41) is 4.43. The maximum Gasteiger partial charge on any atom is 0.219 e. The number of nitrogens with two attached hydrogens (primary N) is 1. The fourth-order valence-corrected chi connectivity index (χ4v) is 1.99. The normalized spacial score (nSPS) is 11.9. The number of fused-ring (bicyclic) bond motifs is 1. The third kappa shape index (κ3) is 2.87. The van der Waals surface area contributed by atoms with E-state index in [0.717, 1.165) is 16.6 Å². The van der Waals surface area contributed by atoms with Crippen molar-refractivity contribution in [2.75, 3.05) is 0 Å². The highest BCUT2D eigenvalue weighted by Gasteiger charge is 2.20. The fraction of sp³-hybridized carbons (Fsp3) is 0.385. The number of amides is 1. The zero-order chi connectivity index (χ0) is 13.2. The van der Waals surface area contributed by atoms with Crippen molar-refractivity contribution in [1.29, 1.82) is 0 Å². The number of nitrogens with one attached hydrogen (secondary N) is 2. The summed E-state index contributed by atoms with van der Waals surface area (Å²) in [4.78, 5) is 18.3. The summed E-state index contributed by atoms with van der Waals surface area (Å²) in [6, 6.07) is 3.94. The van der Waals surface area contributed by atoms with Gasteiger partial charge in [0.25, 0.3) is 0 Å². The third-order valence-electron chi connectivity index (χ3n) is 2.91. The Morgan fingerprint density at radius 1 is 1.56 bits per heavy atom. The Hall–Kier alpha value is -1.88. The van der Waals surface area contributed by atoms with Gasteiger partial charge >= 0.3 is 0 Å². The van der Waals surface area contributed by atoms with E-state index in [9.17, 15) is 4.79 Å². The zero-order valence-electron chi connectivity index (χ0n) is 10.7. The molecule has 0 aliphatic rings. The van der Waals surface area contributed by atoms with Gasteiger partial charge in [0, 0.05) is 36.3 Å². The number of H-pyrrole nitrogens is 1. The lowest BCUT2D eigenvalue weighted by Crippen LogP contribution is -2.42. The number of aromatic nitrogens is 2. The second kappa shape index (κ2) is 4.78. The van der Waals surface area contributed by atoms with Crippen LogP contribution in [0.5, 0.6) is 0 Å². The Labute approximate surface area is 106 Å². The highest BCUT2D eigenvalue weighted by atomic mass is 16.1. The van der Waals surface area contributed by atoms with E-state index < -0.39 is 0 Å². The highest BCUT2D eigenvalue weighted by Crippen LogP contribution is 2.17. The van der Waals surface area contributed by atoms with Gasteiger partial charge in [-0.25, -0.2) is 4.98 Å². The summed E-state index contributed by atoms with van der Waals surface area (Å²) in [5.41, 5.74) is 6.93. The van der Waals surface area contributed by atoms with Crippen molar-refractivity contribution in [2.24, 2.45) is 5.73 Å². The van der Waals surface area contributed by atoms with Gasteiger partial charge in [0.1, 0.15) is 5.65 Å². The maximum absolute atomic E-state index is 11.0. The number of rotatable bonds is 5. The quantitative estimate of drug-likeness (QED) is 0.743. The van der Waals surface area contributed by atoms with Crippen LogP contribution in [-0.4, -0.2) is 21.4 Å². The van der Waals surface area contributed by atoms with Crippen LogP contribution in [0.4, 0.5) is 0 Å². The van der Waals surface area contributed by atoms with E-state index in [1.807, 2.05) is 32.2 Å². The predicted octanol–water partition coefficient (Wildman–Crippen LogP) is 1.31. The monoisotopic (exact) mass is 246 g/mol. The van der Waals surface area contributed by atoms with Gasteiger partial charge in [-0.05, 0) is 31.5 Å². The Bertz CT molecular complexity index is 559. The molecule has 2 aromatic heterocycles. The van der Waals surface area contributed by atoms with Crippen LogP contribution in [0.25, 0.3) is 11.0 Å². The van der Waals surface area contributed by atoms with Crippen LogP contribution in [0.2, 0.25) is 0 Å². The van der Waals surface area contributed by atoms with Gasteiger partial charge in [-0.1, -0.05) is 0 Å². The Morgan fingerprint density at radius 2 is 2.33 bits per heavy atom. The van der Waals surface area contributed by atoms with Gasteiger partial charge in [-0.3, -0.25) is 4.79 Å². The molecule has 0 aliphatic heterocycles. The average molecular weight is 246 g/mol. The van der Waals surface area contributed by atoms with Crippen molar-refractivity contribution in [3.63, 3.8) is 0 Å². The van der Waals surface area contributed by atoms with E-state index >= 15 is 0 Å². The number of carbonyl (C=O) groups excluding carboxylic acids is 1. The first-order chi connectivity index (χ1) is 8.48. The SMILES string of the molecule is CC(C)(CC(N)=O)NCc1c[nH]c2ncccc12. The molecule has 18 heavy (non-hydrogen) atoms. The van der Waals surface area contributed by atoms with Crippen molar-refractivity contribution >= 4 is 16.9 Å². The fourth-order valence-electron chi connectivity index (χ4n) is 1.99. The molecule has 1 amide bonds. The second-order valence-electron chi connectivity index (χ2n) is 5.09. The van der Waals surface area contributed by atoms with Crippen LogP contribution in [0.1, 0.15) is 25.8 Å². The van der Waals surface area contributed by atoms with Crippen LogP contribution < -0.4 is 11.1 Å². The standard InChI is InChI=1S/C13H18N4O/c1-13(2,6-11(14)18)17-8-9-7-16-12-10(9)4-3-5-15-12/h3-5,7,17H,6,8H2,1-2H3,(H2,14,18)(H,15,16). The van der Waals surface area contributed by atoms with Crippen LogP contribution in [0.15, 0.2) is 24.5 Å². The maximum atomic E-state index is 11.0. The van der Waals surface area contributed by atoms with E-state index in [1.54, 1.807) is 6.20 Å². The van der Waals surface area contributed by atoms with Gasteiger partial charge in [0.15, 0.2) is 0 Å². The Balaban J connectivity index is 2.08. The molecule has 2 rings (SSSR count). The number of hydrogen-bond acceptors (Lipinski definition) is 3. The molecule has 5 nitrogen and oxygen atoms in total. The number of nitrogens with zero attached hydrogens (tertiary/aromatic N) is 1. The number of carbonyl (C=O) groups is 1. The van der Waals surface area contributed by atoms with E-state index in [4.69, 9.17) is 5.73 Å². The van der Waals surface area contributed by atoms with E-state index in [0.29, 0.717) is 13.0 Å². The topological polar surface area (TPSA) is 83.8 Å². The first-order valence-corrected chi connectivity index (χ1v) is 5.92. The van der Waals surface area contributed by atoms with Crippen LogP contribution in [0, 0.1) is 0 Å². The van der Waals surface area contributed by atoms with E-state index in [1.165, 1.54) is 0 Å².